The van der Waals surface area contributed by atoms with E-state index >= 15 is 0 Å². The van der Waals surface area contributed by atoms with Gasteiger partial charge in [0.05, 0.1) is 13.0 Å². The Morgan fingerprint density at radius 1 is 1.27 bits per heavy atom. The van der Waals surface area contributed by atoms with Crippen molar-refractivity contribution in [3.05, 3.63) is 0 Å². The first kappa shape index (κ1) is 14.1. The van der Waals surface area contributed by atoms with Crippen molar-refractivity contribution in [2.45, 2.75) is 53.4 Å². The lowest BCUT2D eigenvalue weighted by atomic mass is 9.78. The lowest BCUT2D eigenvalue weighted by Gasteiger charge is -2.25. The smallest absolute Gasteiger partial charge is 0.306 e. The van der Waals surface area contributed by atoms with Crippen LogP contribution in [-0.4, -0.2) is 18.4 Å². The van der Waals surface area contributed by atoms with Crippen molar-refractivity contribution in [3.8, 4) is 0 Å². The van der Waals surface area contributed by atoms with Gasteiger partial charge >= 0.3 is 5.97 Å². The molecule has 0 N–H and O–H groups in total. The van der Waals surface area contributed by atoms with E-state index in [1.807, 2.05) is 6.92 Å². The number of hydrogen-bond donors (Lipinski definition) is 0. The Labute approximate surface area is 92.2 Å². The normalized spacial score (nSPS) is 14.4. The maximum absolute atomic E-state index is 11.5. The van der Waals surface area contributed by atoms with Crippen LogP contribution in [0.4, 0.5) is 0 Å². The average Bonchev–Trinajstić information content (AvgIpc) is 2.14. The van der Waals surface area contributed by atoms with Gasteiger partial charge in [-0.1, -0.05) is 26.7 Å². The standard InChI is InChI=1S/C12H22O3/c1-5-7-8-12(4,10(3)13)9-11(14)15-6-2/h5-9H2,1-4H3/t12-/m1/s1. The molecular formula is C12H22O3. The molecule has 0 aromatic carbocycles. The second kappa shape index (κ2) is 6.59. The van der Waals surface area contributed by atoms with Crippen molar-refractivity contribution >= 4 is 11.8 Å². The molecule has 0 unspecified atom stereocenters. The van der Waals surface area contributed by atoms with Crippen LogP contribution < -0.4 is 0 Å². The Bertz CT molecular complexity index is 223. The van der Waals surface area contributed by atoms with Gasteiger partial charge in [-0.25, -0.2) is 0 Å². The highest BCUT2D eigenvalue weighted by Gasteiger charge is 2.32. The minimum absolute atomic E-state index is 0.0732. The Kier molecular flexibility index (Phi) is 6.21. The summed E-state index contributed by atoms with van der Waals surface area (Å²) < 4.78 is 4.88. The Morgan fingerprint density at radius 3 is 2.27 bits per heavy atom. The average molecular weight is 214 g/mol. The zero-order chi connectivity index (χ0) is 11.9. The molecule has 0 amide bonds. The zero-order valence-corrected chi connectivity index (χ0v) is 10.3. The SMILES string of the molecule is CCCC[C@](C)(CC(=O)OCC)C(C)=O. The van der Waals surface area contributed by atoms with E-state index in [0.29, 0.717) is 6.61 Å². The number of esters is 1. The molecule has 0 fully saturated rings. The van der Waals surface area contributed by atoms with E-state index in [0.717, 1.165) is 19.3 Å². The highest BCUT2D eigenvalue weighted by atomic mass is 16.5. The summed E-state index contributed by atoms with van der Waals surface area (Å²) in [5, 5.41) is 0. The van der Waals surface area contributed by atoms with Crippen LogP contribution in [0.1, 0.15) is 53.4 Å². The van der Waals surface area contributed by atoms with Crippen LogP contribution in [0.5, 0.6) is 0 Å². The van der Waals surface area contributed by atoms with E-state index in [-0.39, 0.29) is 18.2 Å². The van der Waals surface area contributed by atoms with Crippen LogP contribution in [0.15, 0.2) is 0 Å². The second-order valence-electron chi connectivity index (χ2n) is 4.20. The summed E-state index contributed by atoms with van der Waals surface area (Å²) in [4.78, 5) is 22.9. The molecule has 0 aliphatic carbocycles. The maximum Gasteiger partial charge on any atom is 0.306 e. The van der Waals surface area contributed by atoms with Crippen LogP contribution in [-0.2, 0) is 14.3 Å². The number of unbranched alkanes of at least 4 members (excludes halogenated alkanes) is 1. The lowest BCUT2D eigenvalue weighted by molar-refractivity contribution is -0.148. The number of ether oxygens (including phenoxy) is 1. The van der Waals surface area contributed by atoms with Crippen molar-refractivity contribution in [1.29, 1.82) is 0 Å². The quantitative estimate of drug-likeness (QED) is 0.612. The van der Waals surface area contributed by atoms with Gasteiger partial charge in [-0.2, -0.15) is 0 Å². The molecule has 0 bridgehead atoms. The molecule has 0 aliphatic rings. The molecule has 0 heterocycles. The molecule has 0 saturated heterocycles. The van der Waals surface area contributed by atoms with Crippen molar-refractivity contribution in [3.63, 3.8) is 0 Å². The molecular weight excluding hydrogens is 192 g/mol. The first-order chi connectivity index (χ1) is 6.96. The monoisotopic (exact) mass is 214 g/mol. The molecule has 0 aromatic heterocycles. The second-order valence-corrected chi connectivity index (χ2v) is 4.20. The fraction of sp³-hybridized carbons (Fsp3) is 0.833. The van der Waals surface area contributed by atoms with Crippen molar-refractivity contribution < 1.29 is 14.3 Å². The first-order valence-electron chi connectivity index (χ1n) is 5.63. The van der Waals surface area contributed by atoms with Crippen LogP contribution in [0.3, 0.4) is 0 Å². The minimum atomic E-state index is -0.539. The fourth-order valence-corrected chi connectivity index (χ4v) is 1.49. The summed E-state index contributed by atoms with van der Waals surface area (Å²) in [5.41, 5.74) is -0.539. The highest BCUT2D eigenvalue weighted by molar-refractivity contribution is 5.86. The van der Waals surface area contributed by atoms with E-state index < -0.39 is 5.41 Å². The summed E-state index contributed by atoms with van der Waals surface area (Å²) in [7, 11) is 0. The molecule has 0 aromatic rings. The van der Waals surface area contributed by atoms with Crippen LogP contribution in [0.25, 0.3) is 0 Å². The predicted octanol–water partition coefficient (Wildman–Crippen LogP) is 2.73. The summed E-state index contributed by atoms with van der Waals surface area (Å²) >= 11 is 0. The number of hydrogen-bond acceptors (Lipinski definition) is 3. The Hall–Kier alpha value is -0.860. The summed E-state index contributed by atoms with van der Waals surface area (Å²) in [6.45, 7) is 7.62. The van der Waals surface area contributed by atoms with Crippen LogP contribution >= 0.6 is 0 Å². The maximum atomic E-state index is 11.5. The fourth-order valence-electron chi connectivity index (χ4n) is 1.49. The van der Waals surface area contributed by atoms with Crippen LogP contribution in [0.2, 0.25) is 0 Å². The third kappa shape index (κ3) is 4.96. The molecule has 1 atom stereocenters. The van der Waals surface area contributed by atoms with Gasteiger partial charge < -0.3 is 4.74 Å². The van der Waals surface area contributed by atoms with Crippen molar-refractivity contribution in [2.75, 3.05) is 6.61 Å². The predicted molar refractivity (Wildman–Crippen MR) is 59.6 cm³/mol. The Morgan fingerprint density at radius 2 is 1.87 bits per heavy atom. The van der Waals surface area contributed by atoms with Crippen LogP contribution in [0, 0.1) is 5.41 Å². The molecule has 0 saturated carbocycles. The van der Waals surface area contributed by atoms with Gasteiger partial charge in [-0.3, -0.25) is 9.59 Å². The largest absolute Gasteiger partial charge is 0.466 e. The molecule has 3 nitrogen and oxygen atoms in total. The zero-order valence-electron chi connectivity index (χ0n) is 10.3. The summed E-state index contributed by atoms with van der Waals surface area (Å²) in [5.74, 6) is -0.199. The van der Waals surface area contributed by atoms with Gasteiger partial charge in [-0.05, 0) is 20.3 Å². The lowest BCUT2D eigenvalue weighted by Crippen LogP contribution is -2.29. The summed E-state index contributed by atoms with van der Waals surface area (Å²) in [6, 6.07) is 0. The molecule has 0 radical (unpaired) electrons. The third-order valence-corrected chi connectivity index (χ3v) is 2.77. The molecule has 0 aliphatic heterocycles. The number of carbonyl (C=O) groups is 2. The van der Waals surface area contributed by atoms with Gasteiger partial charge in [0, 0.05) is 5.41 Å². The van der Waals surface area contributed by atoms with Crippen molar-refractivity contribution in [2.24, 2.45) is 5.41 Å². The van der Waals surface area contributed by atoms with Gasteiger partial charge in [-0.15, -0.1) is 0 Å². The van der Waals surface area contributed by atoms with E-state index in [2.05, 4.69) is 6.92 Å². The first-order valence-corrected chi connectivity index (χ1v) is 5.63. The summed E-state index contributed by atoms with van der Waals surface area (Å²) in [6.07, 6.45) is 2.97. The van der Waals surface area contributed by atoms with E-state index in [1.54, 1.807) is 13.8 Å². The van der Waals surface area contributed by atoms with Gasteiger partial charge in [0.25, 0.3) is 0 Å². The van der Waals surface area contributed by atoms with Gasteiger partial charge in [0.1, 0.15) is 5.78 Å². The molecule has 3 heteroatoms. The number of rotatable bonds is 7. The van der Waals surface area contributed by atoms with E-state index in [1.165, 1.54) is 0 Å². The minimum Gasteiger partial charge on any atom is -0.466 e. The number of Topliss-reactive ketones (excluding diaryl/α,β-unsaturated/α-hetero) is 1. The molecule has 0 rings (SSSR count). The molecule has 88 valence electrons. The van der Waals surface area contributed by atoms with Gasteiger partial charge in [0.2, 0.25) is 0 Å². The third-order valence-electron chi connectivity index (χ3n) is 2.77. The van der Waals surface area contributed by atoms with Crippen molar-refractivity contribution in [1.82, 2.24) is 0 Å². The van der Waals surface area contributed by atoms with Gasteiger partial charge in [0.15, 0.2) is 0 Å². The molecule has 0 spiro atoms. The number of ketones is 1. The van der Waals surface area contributed by atoms with E-state index in [9.17, 15) is 9.59 Å². The number of carbonyl (C=O) groups excluding carboxylic acids is 2. The Balaban J connectivity index is 4.37. The molecule has 15 heavy (non-hydrogen) atoms. The topological polar surface area (TPSA) is 43.4 Å². The van der Waals surface area contributed by atoms with E-state index in [4.69, 9.17) is 4.74 Å². The highest BCUT2D eigenvalue weighted by Crippen LogP contribution is 2.29.